The lowest BCUT2D eigenvalue weighted by atomic mass is 9.86. The Kier molecular flexibility index (Phi) is 3.88. The summed E-state index contributed by atoms with van der Waals surface area (Å²) in [5.74, 6) is 0.620. The molecule has 1 aliphatic rings. The summed E-state index contributed by atoms with van der Waals surface area (Å²) in [7, 11) is 0. The molecule has 20 heavy (non-hydrogen) atoms. The Bertz CT molecular complexity index is 571. The molecule has 1 saturated heterocycles. The average Bonchev–Trinajstić information content (AvgIpc) is 2.48. The fraction of sp³-hybridized carbons (Fsp3) is 0.368. The highest BCUT2D eigenvalue weighted by Gasteiger charge is 2.24. The maximum Gasteiger partial charge on any atom is 0.0830 e. The molecule has 2 atom stereocenters. The first-order valence-electron chi connectivity index (χ1n) is 7.47. The third-order valence-electron chi connectivity index (χ3n) is 4.25. The lowest BCUT2D eigenvalue weighted by Gasteiger charge is -2.30. The van der Waals surface area contributed by atoms with Gasteiger partial charge in [0.15, 0.2) is 0 Å². The molecule has 0 aliphatic carbocycles. The SMILES string of the molecule is Cc1ccc([C@H]2CCO[C@@H](c3cccc(C)c3)C2)cc1. The van der Waals surface area contributed by atoms with Crippen LogP contribution < -0.4 is 0 Å². The third kappa shape index (κ3) is 2.94. The molecule has 0 bridgehead atoms. The van der Waals surface area contributed by atoms with Crippen LogP contribution in [0.15, 0.2) is 48.5 Å². The van der Waals surface area contributed by atoms with Crippen LogP contribution in [-0.2, 0) is 4.74 Å². The summed E-state index contributed by atoms with van der Waals surface area (Å²) in [6.07, 6.45) is 2.47. The molecular formula is C19H22O. The van der Waals surface area contributed by atoms with Crippen molar-refractivity contribution in [2.75, 3.05) is 6.61 Å². The lowest BCUT2D eigenvalue weighted by molar-refractivity contribution is 0.00524. The van der Waals surface area contributed by atoms with Gasteiger partial charge in [-0.15, -0.1) is 0 Å². The van der Waals surface area contributed by atoms with E-state index in [2.05, 4.69) is 62.4 Å². The molecule has 0 aromatic heterocycles. The van der Waals surface area contributed by atoms with Crippen molar-refractivity contribution in [2.24, 2.45) is 0 Å². The zero-order chi connectivity index (χ0) is 13.9. The minimum absolute atomic E-state index is 0.245. The minimum atomic E-state index is 0.245. The van der Waals surface area contributed by atoms with E-state index in [-0.39, 0.29) is 6.10 Å². The molecule has 1 aliphatic heterocycles. The Morgan fingerprint density at radius 2 is 1.70 bits per heavy atom. The van der Waals surface area contributed by atoms with E-state index in [0.29, 0.717) is 5.92 Å². The van der Waals surface area contributed by atoms with Gasteiger partial charge in [-0.05, 0) is 43.7 Å². The summed E-state index contributed by atoms with van der Waals surface area (Å²) in [5, 5.41) is 0. The predicted molar refractivity (Wildman–Crippen MR) is 83.0 cm³/mol. The first-order valence-corrected chi connectivity index (χ1v) is 7.47. The molecule has 0 spiro atoms. The molecule has 3 rings (SSSR count). The van der Waals surface area contributed by atoms with E-state index in [4.69, 9.17) is 4.74 Å². The van der Waals surface area contributed by atoms with E-state index in [9.17, 15) is 0 Å². The first-order chi connectivity index (χ1) is 9.72. The van der Waals surface area contributed by atoms with Gasteiger partial charge < -0.3 is 4.74 Å². The molecule has 0 N–H and O–H groups in total. The van der Waals surface area contributed by atoms with Crippen molar-refractivity contribution >= 4 is 0 Å². The molecule has 104 valence electrons. The van der Waals surface area contributed by atoms with Crippen LogP contribution in [0.5, 0.6) is 0 Å². The van der Waals surface area contributed by atoms with Crippen molar-refractivity contribution in [3.63, 3.8) is 0 Å². The van der Waals surface area contributed by atoms with E-state index < -0.39 is 0 Å². The van der Waals surface area contributed by atoms with Gasteiger partial charge in [0.05, 0.1) is 6.10 Å². The van der Waals surface area contributed by atoms with Crippen LogP contribution in [0.2, 0.25) is 0 Å². The number of rotatable bonds is 2. The molecule has 1 fully saturated rings. The summed E-state index contributed by atoms with van der Waals surface area (Å²) >= 11 is 0. The lowest BCUT2D eigenvalue weighted by Crippen LogP contribution is -2.18. The van der Waals surface area contributed by atoms with Crippen LogP contribution in [-0.4, -0.2) is 6.61 Å². The van der Waals surface area contributed by atoms with Crippen LogP contribution in [0.25, 0.3) is 0 Å². The summed E-state index contributed by atoms with van der Waals surface area (Å²) in [4.78, 5) is 0. The Balaban J connectivity index is 1.78. The summed E-state index contributed by atoms with van der Waals surface area (Å²) < 4.78 is 5.99. The second kappa shape index (κ2) is 5.80. The quantitative estimate of drug-likeness (QED) is 0.748. The molecule has 0 unspecified atom stereocenters. The fourth-order valence-electron chi connectivity index (χ4n) is 3.04. The van der Waals surface area contributed by atoms with Crippen molar-refractivity contribution in [2.45, 2.75) is 38.7 Å². The van der Waals surface area contributed by atoms with Gasteiger partial charge in [0, 0.05) is 6.61 Å². The predicted octanol–water partition coefficient (Wildman–Crippen LogP) is 4.94. The molecule has 0 amide bonds. The Labute approximate surface area is 121 Å². The normalized spacial score (nSPS) is 22.7. The van der Waals surface area contributed by atoms with Gasteiger partial charge in [0.2, 0.25) is 0 Å². The number of aryl methyl sites for hydroxylation is 2. The highest BCUT2D eigenvalue weighted by Crippen LogP contribution is 2.37. The smallest absolute Gasteiger partial charge is 0.0830 e. The molecule has 1 heterocycles. The zero-order valence-corrected chi connectivity index (χ0v) is 12.3. The Morgan fingerprint density at radius 3 is 2.45 bits per heavy atom. The number of ether oxygens (including phenoxy) is 1. The van der Waals surface area contributed by atoms with Crippen molar-refractivity contribution in [1.82, 2.24) is 0 Å². The molecule has 2 aromatic carbocycles. The largest absolute Gasteiger partial charge is 0.373 e. The maximum atomic E-state index is 5.99. The highest BCUT2D eigenvalue weighted by molar-refractivity contribution is 5.28. The van der Waals surface area contributed by atoms with E-state index >= 15 is 0 Å². The second-order valence-electron chi connectivity index (χ2n) is 5.91. The maximum absolute atomic E-state index is 5.99. The average molecular weight is 266 g/mol. The number of hydrogen-bond donors (Lipinski definition) is 0. The fourth-order valence-corrected chi connectivity index (χ4v) is 3.04. The van der Waals surface area contributed by atoms with Gasteiger partial charge >= 0.3 is 0 Å². The zero-order valence-electron chi connectivity index (χ0n) is 12.3. The van der Waals surface area contributed by atoms with Crippen molar-refractivity contribution in [3.05, 3.63) is 70.8 Å². The van der Waals surface area contributed by atoms with Crippen molar-refractivity contribution < 1.29 is 4.74 Å². The van der Waals surface area contributed by atoms with Gasteiger partial charge in [-0.1, -0.05) is 59.7 Å². The van der Waals surface area contributed by atoms with Gasteiger partial charge in [-0.2, -0.15) is 0 Å². The summed E-state index contributed by atoms with van der Waals surface area (Å²) in [5.41, 5.74) is 5.41. The molecule has 0 saturated carbocycles. The van der Waals surface area contributed by atoms with Gasteiger partial charge in [0.25, 0.3) is 0 Å². The van der Waals surface area contributed by atoms with Crippen LogP contribution in [0.3, 0.4) is 0 Å². The minimum Gasteiger partial charge on any atom is -0.373 e. The Hall–Kier alpha value is -1.60. The summed E-state index contributed by atoms with van der Waals surface area (Å²) in [6, 6.07) is 17.7. The Morgan fingerprint density at radius 1 is 0.900 bits per heavy atom. The third-order valence-corrected chi connectivity index (χ3v) is 4.25. The molecular weight excluding hydrogens is 244 g/mol. The number of benzene rings is 2. The van der Waals surface area contributed by atoms with E-state index in [1.165, 1.54) is 22.3 Å². The first kappa shape index (κ1) is 13.4. The van der Waals surface area contributed by atoms with Crippen molar-refractivity contribution in [3.8, 4) is 0 Å². The summed E-state index contributed by atoms with van der Waals surface area (Å²) in [6.45, 7) is 5.14. The van der Waals surface area contributed by atoms with Crippen LogP contribution in [0.4, 0.5) is 0 Å². The van der Waals surface area contributed by atoms with Crippen molar-refractivity contribution in [1.29, 1.82) is 0 Å². The van der Waals surface area contributed by atoms with Crippen LogP contribution in [0, 0.1) is 13.8 Å². The molecule has 1 heteroatoms. The van der Waals surface area contributed by atoms with Crippen LogP contribution in [0.1, 0.15) is 47.1 Å². The number of hydrogen-bond acceptors (Lipinski definition) is 1. The molecule has 2 aromatic rings. The highest BCUT2D eigenvalue weighted by atomic mass is 16.5. The molecule has 1 nitrogen and oxygen atoms in total. The topological polar surface area (TPSA) is 9.23 Å². The standard InChI is InChI=1S/C19H22O/c1-14-6-8-16(9-7-14)17-10-11-20-19(13-17)18-5-3-4-15(2)12-18/h3-9,12,17,19H,10-11,13H2,1-2H3/t17-,19+/m0/s1. The van der Waals surface area contributed by atoms with E-state index in [0.717, 1.165) is 19.4 Å². The molecule has 0 radical (unpaired) electrons. The van der Waals surface area contributed by atoms with E-state index in [1.807, 2.05) is 0 Å². The van der Waals surface area contributed by atoms with Gasteiger partial charge in [-0.3, -0.25) is 0 Å². The second-order valence-corrected chi connectivity index (χ2v) is 5.91. The van der Waals surface area contributed by atoms with Gasteiger partial charge in [0.1, 0.15) is 0 Å². The van der Waals surface area contributed by atoms with Gasteiger partial charge in [-0.25, -0.2) is 0 Å². The monoisotopic (exact) mass is 266 g/mol. The van der Waals surface area contributed by atoms with E-state index in [1.54, 1.807) is 0 Å². The van der Waals surface area contributed by atoms with Crippen LogP contribution >= 0.6 is 0 Å².